The van der Waals surface area contributed by atoms with Crippen molar-refractivity contribution in [2.24, 2.45) is 11.8 Å². The minimum absolute atomic E-state index is 0.306. The smallest absolute Gasteiger partial charge is 0.303 e. The second kappa shape index (κ2) is 5.35. The summed E-state index contributed by atoms with van der Waals surface area (Å²) in [5.74, 6) is 0.773. The first kappa shape index (κ1) is 11.5. The molecule has 3 atom stereocenters. The zero-order chi connectivity index (χ0) is 10.6. The molecule has 1 heterocycles. The Morgan fingerprint density at radius 1 is 1.50 bits per heavy atom. The van der Waals surface area contributed by atoms with Gasteiger partial charge in [0.2, 0.25) is 0 Å². The normalized spacial score (nSPS) is 32.9. The highest BCUT2D eigenvalue weighted by Gasteiger charge is 2.24. The summed E-state index contributed by atoms with van der Waals surface area (Å²) >= 11 is 0. The molecular formula is C11H21NO2. The van der Waals surface area contributed by atoms with Crippen molar-refractivity contribution in [3.05, 3.63) is 0 Å². The molecule has 1 aliphatic rings. The largest absolute Gasteiger partial charge is 0.481 e. The number of hydrogen-bond acceptors (Lipinski definition) is 2. The fourth-order valence-electron chi connectivity index (χ4n) is 2.30. The summed E-state index contributed by atoms with van der Waals surface area (Å²) in [5.41, 5.74) is 0. The summed E-state index contributed by atoms with van der Waals surface area (Å²) in [5, 5.41) is 12.0. The molecule has 0 radical (unpaired) electrons. The SMILES string of the molecule is CC1CNC(CCCC(=O)O)C(C)C1. The predicted molar refractivity (Wildman–Crippen MR) is 56.2 cm³/mol. The Balaban J connectivity index is 2.20. The molecule has 0 aromatic rings. The van der Waals surface area contributed by atoms with E-state index >= 15 is 0 Å². The van der Waals surface area contributed by atoms with E-state index in [1.54, 1.807) is 0 Å². The molecule has 14 heavy (non-hydrogen) atoms. The molecule has 1 saturated heterocycles. The van der Waals surface area contributed by atoms with Gasteiger partial charge in [-0.1, -0.05) is 13.8 Å². The van der Waals surface area contributed by atoms with Crippen molar-refractivity contribution in [1.82, 2.24) is 5.32 Å². The lowest BCUT2D eigenvalue weighted by Gasteiger charge is -2.33. The topological polar surface area (TPSA) is 49.3 Å². The average molecular weight is 199 g/mol. The first-order chi connectivity index (χ1) is 6.59. The fourth-order valence-corrected chi connectivity index (χ4v) is 2.30. The predicted octanol–water partition coefficient (Wildman–Crippen LogP) is 1.88. The molecule has 1 rings (SSSR count). The van der Waals surface area contributed by atoms with E-state index in [9.17, 15) is 4.79 Å². The number of carboxylic acids is 1. The zero-order valence-corrected chi connectivity index (χ0v) is 9.12. The molecule has 3 unspecified atom stereocenters. The van der Waals surface area contributed by atoms with E-state index in [2.05, 4.69) is 19.2 Å². The van der Waals surface area contributed by atoms with Crippen LogP contribution in [0.1, 0.15) is 39.5 Å². The molecule has 0 spiro atoms. The molecule has 1 aliphatic heterocycles. The molecule has 0 bridgehead atoms. The van der Waals surface area contributed by atoms with Gasteiger partial charge in [0.25, 0.3) is 0 Å². The van der Waals surface area contributed by atoms with Gasteiger partial charge in [-0.25, -0.2) is 0 Å². The molecule has 2 N–H and O–H groups in total. The van der Waals surface area contributed by atoms with Gasteiger partial charge in [-0.2, -0.15) is 0 Å². The van der Waals surface area contributed by atoms with Gasteiger partial charge in [0.15, 0.2) is 0 Å². The van der Waals surface area contributed by atoms with Crippen LogP contribution in [-0.2, 0) is 4.79 Å². The molecule has 3 heteroatoms. The molecule has 82 valence electrons. The Kier molecular flexibility index (Phi) is 4.39. The van der Waals surface area contributed by atoms with E-state index in [4.69, 9.17) is 5.11 Å². The lowest BCUT2D eigenvalue weighted by molar-refractivity contribution is -0.137. The van der Waals surface area contributed by atoms with Crippen molar-refractivity contribution in [2.45, 2.75) is 45.6 Å². The average Bonchev–Trinajstić information content (AvgIpc) is 2.08. The van der Waals surface area contributed by atoms with Gasteiger partial charge in [-0.3, -0.25) is 4.79 Å². The second-order valence-electron chi connectivity index (χ2n) is 4.62. The monoisotopic (exact) mass is 199 g/mol. The van der Waals surface area contributed by atoms with Crippen LogP contribution in [0.15, 0.2) is 0 Å². The van der Waals surface area contributed by atoms with Crippen LogP contribution in [0, 0.1) is 11.8 Å². The number of piperidine rings is 1. The molecule has 0 aromatic heterocycles. The van der Waals surface area contributed by atoms with E-state index in [1.807, 2.05) is 0 Å². The number of nitrogens with one attached hydrogen (secondary N) is 1. The van der Waals surface area contributed by atoms with E-state index in [1.165, 1.54) is 6.42 Å². The third-order valence-corrected chi connectivity index (χ3v) is 3.10. The van der Waals surface area contributed by atoms with Crippen LogP contribution in [0.3, 0.4) is 0 Å². The van der Waals surface area contributed by atoms with Crippen molar-refractivity contribution >= 4 is 5.97 Å². The minimum Gasteiger partial charge on any atom is -0.481 e. The minimum atomic E-state index is -0.679. The zero-order valence-electron chi connectivity index (χ0n) is 9.12. The van der Waals surface area contributed by atoms with Crippen molar-refractivity contribution < 1.29 is 9.90 Å². The summed E-state index contributed by atoms with van der Waals surface area (Å²) in [6, 6.07) is 0.533. The van der Waals surface area contributed by atoms with Gasteiger partial charge < -0.3 is 10.4 Å². The first-order valence-corrected chi connectivity index (χ1v) is 5.54. The van der Waals surface area contributed by atoms with Gasteiger partial charge in [-0.05, 0) is 37.6 Å². The van der Waals surface area contributed by atoms with E-state index in [0.29, 0.717) is 18.4 Å². The van der Waals surface area contributed by atoms with E-state index in [0.717, 1.165) is 25.3 Å². The Morgan fingerprint density at radius 2 is 2.21 bits per heavy atom. The molecule has 0 saturated carbocycles. The van der Waals surface area contributed by atoms with E-state index < -0.39 is 5.97 Å². The second-order valence-corrected chi connectivity index (χ2v) is 4.62. The number of aliphatic carboxylic acids is 1. The van der Waals surface area contributed by atoms with Crippen molar-refractivity contribution in [2.75, 3.05) is 6.54 Å². The first-order valence-electron chi connectivity index (χ1n) is 5.54. The lowest BCUT2D eigenvalue weighted by atomic mass is 9.84. The summed E-state index contributed by atoms with van der Waals surface area (Å²) < 4.78 is 0. The maximum Gasteiger partial charge on any atom is 0.303 e. The van der Waals surface area contributed by atoms with Crippen LogP contribution < -0.4 is 5.32 Å². The number of carboxylic acid groups (broad SMARTS) is 1. The standard InChI is InChI=1S/C11H21NO2/c1-8-6-9(2)10(12-7-8)4-3-5-11(13)14/h8-10,12H,3-7H2,1-2H3,(H,13,14). The fraction of sp³-hybridized carbons (Fsp3) is 0.909. The van der Waals surface area contributed by atoms with Crippen LogP contribution in [-0.4, -0.2) is 23.7 Å². The van der Waals surface area contributed by atoms with Gasteiger partial charge in [0, 0.05) is 12.5 Å². The molecular weight excluding hydrogens is 178 g/mol. The van der Waals surface area contributed by atoms with Gasteiger partial charge in [-0.15, -0.1) is 0 Å². The summed E-state index contributed by atoms with van der Waals surface area (Å²) in [4.78, 5) is 10.4. The van der Waals surface area contributed by atoms with E-state index in [-0.39, 0.29) is 0 Å². The highest BCUT2D eigenvalue weighted by Crippen LogP contribution is 2.23. The molecule has 0 aliphatic carbocycles. The van der Waals surface area contributed by atoms with Crippen molar-refractivity contribution in [3.8, 4) is 0 Å². The number of rotatable bonds is 4. The number of hydrogen-bond donors (Lipinski definition) is 2. The highest BCUT2D eigenvalue weighted by molar-refractivity contribution is 5.66. The Morgan fingerprint density at radius 3 is 2.79 bits per heavy atom. The highest BCUT2D eigenvalue weighted by atomic mass is 16.4. The Labute approximate surface area is 85.9 Å². The van der Waals surface area contributed by atoms with Gasteiger partial charge in [0.1, 0.15) is 0 Å². The summed E-state index contributed by atoms with van der Waals surface area (Å²) in [6.45, 7) is 5.60. The van der Waals surface area contributed by atoms with Crippen molar-refractivity contribution in [1.29, 1.82) is 0 Å². The lowest BCUT2D eigenvalue weighted by Crippen LogP contribution is -2.43. The molecule has 0 aromatic carbocycles. The van der Waals surface area contributed by atoms with Crippen LogP contribution in [0.25, 0.3) is 0 Å². The Hall–Kier alpha value is -0.570. The quantitative estimate of drug-likeness (QED) is 0.726. The Bertz CT molecular complexity index is 194. The molecule has 3 nitrogen and oxygen atoms in total. The van der Waals surface area contributed by atoms with Gasteiger partial charge >= 0.3 is 5.97 Å². The molecule has 1 fully saturated rings. The summed E-state index contributed by atoms with van der Waals surface area (Å²) in [7, 11) is 0. The summed E-state index contributed by atoms with van der Waals surface area (Å²) in [6.07, 6.45) is 3.37. The van der Waals surface area contributed by atoms with Crippen LogP contribution in [0.5, 0.6) is 0 Å². The number of carbonyl (C=O) groups is 1. The van der Waals surface area contributed by atoms with Crippen LogP contribution in [0.4, 0.5) is 0 Å². The van der Waals surface area contributed by atoms with Crippen LogP contribution >= 0.6 is 0 Å². The van der Waals surface area contributed by atoms with Crippen molar-refractivity contribution in [3.63, 3.8) is 0 Å². The van der Waals surface area contributed by atoms with Gasteiger partial charge in [0.05, 0.1) is 0 Å². The third-order valence-electron chi connectivity index (χ3n) is 3.10. The molecule has 0 amide bonds. The third kappa shape index (κ3) is 3.66. The maximum absolute atomic E-state index is 10.4. The maximum atomic E-state index is 10.4. The van der Waals surface area contributed by atoms with Crippen LogP contribution in [0.2, 0.25) is 0 Å².